The number of rotatable bonds is 4. The first-order valence-electron chi connectivity index (χ1n) is 6.53. The lowest BCUT2D eigenvalue weighted by atomic mass is 10.1. The van der Waals surface area contributed by atoms with Gasteiger partial charge in [0.2, 0.25) is 5.91 Å². The fourth-order valence-electron chi connectivity index (χ4n) is 1.50. The Morgan fingerprint density at radius 2 is 2.11 bits per heavy atom. The quantitative estimate of drug-likeness (QED) is 0.921. The van der Waals surface area contributed by atoms with Crippen LogP contribution in [0.3, 0.4) is 0 Å². The maximum atomic E-state index is 11.2. The number of aromatic nitrogens is 1. The maximum absolute atomic E-state index is 11.2. The Balaban J connectivity index is 0.000000861. The number of nitrogens with one attached hydrogen (secondary N) is 1. The molecule has 1 amide bonds. The van der Waals surface area contributed by atoms with Crippen molar-refractivity contribution >= 4 is 17.2 Å². The molecular weight excluding hydrogens is 256 g/mol. The molecular formula is C15H20N2OS. The van der Waals surface area contributed by atoms with E-state index < -0.39 is 0 Å². The predicted molar refractivity (Wildman–Crippen MR) is 81.0 cm³/mol. The van der Waals surface area contributed by atoms with Crippen molar-refractivity contribution in [3.05, 3.63) is 40.8 Å². The molecule has 0 atom stereocenters. The van der Waals surface area contributed by atoms with Crippen molar-refractivity contribution in [3.8, 4) is 11.1 Å². The van der Waals surface area contributed by atoms with Gasteiger partial charge in [-0.1, -0.05) is 20.8 Å². The van der Waals surface area contributed by atoms with Crippen molar-refractivity contribution in [2.24, 2.45) is 0 Å². The van der Waals surface area contributed by atoms with Crippen molar-refractivity contribution in [1.29, 1.82) is 0 Å². The van der Waals surface area contributed by atoms with Gasteiger partial charge in [-0.2, -0.15) is 11.3 Å². The molecule has 3 nitrogen and oxygen atoms in total. The fourth-order valence-corrected chi connectivity index (χ4v) is 2.16. The topological polar surface area (TPSA) is 42.0 Å². The third-order valence-corrected chi connectivity index (χ3v) is 3.14. The van der Waals surface area contributed by atoms with Gasteiger partial charge < -0.3 is 5.32 Å². The largest absolute Gasteiger partial charge is 0.352 e. The summed E-state index contributed by atoms with van der Waals surface area (Å²) in [5, 5.41) is 6.98. The van der Waals surface area contributed by atoms with Crippen LogP contribution in [0.5, 0.6) is 0 Å². The molecule has 0 unspecified atom stereocenters. The standard InChI is InChI=1S/C13H14N2OS.C2H6/c1-2-13(16)15-7-10-5-12(8-14-6-10)11-3-4-17-9-11;1-2/h3-6,8-9H,2,7H2,1H3,(H,15,16);1-2H3. The summed E-state index contributed by atoms with van der Waals surface area (Å²) >= 11 is 1.66. The summed E-state index contributed by atoms with van der Waals surface area (Å²) in [4.78, 5) is 15.4. The second kappa shape index (κ2) is 8.43. The molecule has 2 heterocycles. The monoisotopic (exact) mass is 276 g/mol. The molecule has 0 saturated heterocycles. The first kappa shape index (κ1) is 15.4. The van der Waals surface area contributed by atoms with Gasteiger partial charge >= 0.3 is 0 Å². The summed E-state index contributed by atoms with van der Waals surface area (Å²) in [5.41, 5.74) is 3.29. The molecule has 0 radical (unpaired) electrons. The molecule has 0 fully saturated rings. The molecule has 19 heavy (non-hydrogen) atoms. The van der Waals surface area contributed by atoms with Gasteiger partial charge in [0.25, 0.3) is 0 Å². The summed E-state index contributed by atoms with van der Waals surface area (Å²) in [7, 11) is 0. The van der Waals surface area contributed by atoms with Gasteiger partial charge in [0.1, 0.15) is 0 Å². The smallest absolute Gasteiger partial charge is 0.219 e. The summed E-state index contributed by atoms with van der Waals surface area (Å²) in [5.74, 6) is 0.0611. The Morgan fingerprint density at radius 3 is 2.74 bits per heavy atom. The van der Waals surface area contributed by atoms with Crippen LogP contribution >= 0.6 is 11.3 Å². The lowest BCUT2D eigenvalue weighted by Crippen LogP contribution is -2.21. The Kier molecular flexibility index (Phi) is 6.82. The molecule has 0 aliphatic heterocycles. The van der Waals surface area contributed by atoms with Crippen LogP contribution in [-0.4, -0.2) is 10.9 Å². The van der Waals surface area contributed by atoms with Crippen LogP contribution in [0.1, 0.15) is 32.8 Å². The first-order valence-corrected chi connectivity index (χ1v) is 7.47. The van der Waals surface area contributed by atoms with Crippen LogP contribution in [0.15, 0.2) is 35.3 Å². The van der Waals surface area contributed by atoms with Gasteiger partial charge in [-0.15, -0.1) is 0 Å². The van der Waals surface area contributed by atoms with Crippen molar-refractivity contribution in [3.63, 3.8) is 0 Å². The predicted octanol–water partition coefficient (Wildman–Crippen LogP) is 3.86. The Morgan fingerprint density at radius 1 is 1.32 bits per heavy atom. The van der Waals surface area contributed by atoms with E-state index in [1.165, 1.54) is 5.56 Å². The lowest BCUT2D eigenvalue weighted by molar-refractivity contribution is -0.120. The Hall–Kier alpha value is -1.68. The molecule has 2 aromatic heterocycles. The van der Waals surface area contributed by atoms with Crippen LogP contribution in [0.4, 0.5) is 0 Å². The molecule has 0 spiro atoms. The molecule has 2 rings (SSSR count). The van der Waals surface area contributed by atoms with E-state index in [9.17, 15) is 4.79 Å². The van der Waals surface area contributed by atoms with Gasteiger partial charge in [0.05, 0.1) is 0 Å². The number of hydrogen-bond acceptors (Lipinski definition) is 3. The summed E-state index contributed by atoms with van der Waals surface area (Å²) in [6.07, 6.45) is 4.14. The van der Waals surface area contributed by atoms with Crippen LogP contribution in [0.2, 0.25) is 0 Å². The zero-order chi connectivity index (χ0) is 14.1. The fraction of sp³-hybridized carbons (Fsp3) is 0.333. The molecule has 0 saturated carbocycles. The molecule has 2 aromatic rings. The SMILES string of the molecule is CC.CCC(=O)NCc1cncc(-c2ccsc2)c1. The minimum absolute atomic E-state index is 0.0611. The normalized spacial score (nSPS) is 9.42. The van der Waals surface area contributed by atoms with Crippen LogP contribution in [0, 0.1) is 0 Å². The Bertz CT molecular complexity index is 495. The van der Waals surface area contributed by atoms with Crippen LogP contribution < -0.4 is 5.32 Å². The summed E-state index contributed by atoms with van der Waals surface area (Å²) in [6.45, 7) is 6.38. The minimum Gasteiger partial charge on any atom is -0.352 e. The first-order chi connectivity index (χ1) is 9.29. The highest BCUT2D eigenvalue weighted by Crippen LogP contribution is 2.21. The number of carbonyl (C=O) groups is 1. The number of pyridine rings is 1. The molecule has 0 aliphatic rings. The molecule has 0 aliphatic carbocycles. The van der Waals surface area contributed by atoms with Crippen LogP contribution in [-0.2, 0) is 11.3 Å². The molecule has 4 heteroatoms. The number of amides is 1. The average molecular weight is 276 g/mol. The van der Waals surface area contributed by atoms with E-state index >= 15 is 0 Å². The Labute approximate surface area is 118 Å². The molecule has 0 bridgehead atoms. The third kappa shape index (κ3) is 4.83. The highest BCUT2D eigenvalue weighted by molar-refractivity contribution is 7.08. The number of carbonyl (C=O) groups excluding carboxylic acids is 1. The molecule has 1 N–H and O–H groups in total. The zero-order valence-electron chi connectivity index (χ0n) is 11.6. The van der Waals surface area contributed by atoms with Gasteiger partial charge in [-0.25, -0.2) is 0 Å². The van der Waals surface area contributed by atoms with Crippen molar-refractivity contribution in [1.82, 2.24) is 10.3 Å². The van der Waals surface area contributed by atoms with E-state index in [-0.39, 0.29) is 5.91 Å². The zero-order valence-corrected chi connectivity index (χ0v) is 12.5. The number of thiophene rings is 1. The van der Waals surface area contributed by atoms with Crippen molar-refractivity contribution < 1.29 is 4.79 Å². The highest BCUT2D eigenvalue weighted by Gasteiger charge is 2.02. The summed E-state index contributed by atoms with van der Waals surface area (Å²) in [6, 6.07) is 4.13. The van der Waals surface area contributed by atoms with E-state index in [2.05, 4.69) is 27.8 Å². The lowest BCUT2D eigenvalue weighted by Gasteiger charge is -2.05. The van der Waals surface area contributed by atoms with Gasteiger partial charge in [-0.05, 0) is 34.0 Å². The molecule has 102 valence electrons. The van der Waals surface area contributed by atoms with E-state index in [0.29, 0.717) is 13.0 Å². The van der Waals surface area contributed by atoms with E-state index in [1.807, 2.05) is 32.3 Å². The summed E-state index contributed by atoms with van der Waals surface area (Å²) < 4.78 is 0. The highest BCUT2D eigenvalue weighted by atomic mass is 32.1. The minimum atomic E-state index is 0.0611. The number of nitrogens with zero attached hydrogens (tertiary/aromatic N) is 1. The second-order valence-electron chi connectivity index (χ2n) is 3.72. The molecule has 0 aromatic carbocycles. The van der Waals surface area contributed by atoms with Gasteiger partial charge in [0.15, 0.2) is 0 Å². The van der Waals surface area contributed by atoms with Crippen molar-refractivity contribution in [2.75, 3.05) is 0 Å². The van der Waals surface area contributed by atoms with E-state index in [4.69, 9.17) is 0 Å². The van der Waals surface area contributed by atoms with Gasteiger partial charge in [-0.3, -0.25) is 9.78 Å². The average Bonchev–Trinajstić information content (AvgIpc) is 3.01. The van der Waals surface area contributed by atoms with E-state index in [1.54, 1.807) is 17.5 Å². The second-order valence-corrected chi connectivity index (χ2v) is 4.50. The number of hydrogen-bond donors (Lipinski definition) is 1. The maximum Gasteiger partial charge on any atom is 0.219 e. The van der Waals surface area contributed by atoms with Crippen LogP contribution in [0.25, 0.3) is 11.1 Å². The van der Waals surface area contributed by atoms with Gasteiger partial charge in [0, 0.05) is 30.9 Å². The van der Waals surface area contributed by atoms with Crippen molar-refractivity contribution in [2.45, 2.75) is 33.7 Å². The third-order valence-electron chi connectivity index (χ3n) is 2.46. The van der Waals surface area contributed by atoms with E-state index in [0.717, 1.165) is 11.1 Å².